The number of hydrogen-bond donors (Lipinski definition) is 2. The Morgan fingerprint density at radius 3 is 2.48 bits per heavy atom. The molecule has 1 atom stereocenters. The molecule has 0 unspecified atom stereocenters. The fourth-order valence-corrected chi connectivity index (χ4v) is 3.12. The third kappa shape index (κ3) is 3.76. The van der Waals surface area contributed by atoms with E-state index in [1.807, 2.05) is 34.7 Å². The van der Waals surface area contributed by atoms with E-state index in [1.165, 1.54) is 11.3 Å². The van der Waals surface area contributed by atoms with Crippen LogP contribution in [0.3, 0.4) is 0 Å². The van der Waals surface area contributed by atoms with Gasteiger partial charge in [0, 0.05) is 29.4 Å². The van der Waals surface area contributed by atoms with E-state index in [0.29, 0.717) is 11.6 Å². The number of thiazole rings is 1. The lowest BCUT2D eigenvalue weighted by Crippen LogP contribution is -2.38. The number of rotatable bonds is 4. The minimum Gasteiger partial charge on any atom is -0.341 e. The zero-order valence-electron chi connectivity index (χ0n) is 13.9. The molecule has 8 heteroatoms. The molecule has 0 saturated carbocycles. The lowest BCUT2D eigenvalue weighted by Gasteiger charge is -2.17. The van der Waals surface area contributed by atoms with Crippen LogP contribution < -0.4 is 10.6 Å². The summed E-state index contributed by atoms with van der Waals surface area (Å²) in [6.07, 6.45) is 2.32. The lowest BCUT2D eigenvalue weighted by molar-refractivity contribution is -0.136. The smallest absolute Gasteiger partial charge is 0.315 e. The molecule has 2 amide bonds. The molecule has 2 rings (SSSR count). The van der Waals surface area contributed by atoms with E-state index < -0.39 is 11.8 Å². The Morgan fingerprint density at radius 2 is 2.00 bits per heavy atom. The van der Waals surface area contributed by atoms with Gasteiger partial charge in [-0.05, 0) is 27.2 Å². The van der Waals surface area contributed by atoms with Gasteiger partial charge in [0.2, 0.25) is 0 Å². The second kappa shape index (κ2) is 6.91. The van der Waals surface area contributed by atoms with E-state index in [4.69, 9.17) is 0 Å². The number of amides is 2. The molecule has 124 valence electrons. The van der Waals surface area contributed by atoms with Gasteiger partial charge in [-0.1, -0.05) is 6.92 Å². The Morgan fingerprint density at radius 1 is 1.30 bits per heavy atom. The largest absolute Gasteiger partial charge is 0.341 e. The van der Waals surface area contributed by atoms with E-state index in [-0.39, 0.29) is 6.04 Å². The van der Waals surface area contributed by atoms with Crippen LogP contribution in [-0.4, -0.2) is 26.6 Å². The first-order chi connectivity index (χ1) is 10.8. The highest BCUT2D eigenvalue weighted by molar-refractivity contribution is 7.15. The van der Waals surface area contributed by atoms with E-state index in [0.717, 1.165) is 21.8 Å². The van der Waals surface area contributed by atoms with Crippen LogP contribution in [0.15, 0.2) is 6.20 Å². The summed E-state index contributed by atoms with van der Waals surface area (Å²) in [5.74, 6) is -1.38. The quantitative estimate of drug-likeness (QED) is 0.837. The first-order valence-corrected chi connectivity index (χ1v) is 8.19. The van der Waals surface area contributed by atoms with Crippen LogP contribution in [-0.2, 0) is 16.6 Å². The van der Waals surface area contributed by atoms with Crippen LogP contribution >= 0.6 is 11.3 Å². The summed E-state index contributed by atoms with van der Waals surface area (Å²) in [6.45, 7) is 7.69. The molecule has 2 aromatic rings. The molecule has 0 fully saturated rings. The summed E-state index contributed by atoms with van der Waals surface area (Å²) in [7, 11) is 1.86. The molecular weight excluding hydrogens is 314 g/mol. The lowest BCUT2D eigenvalue weighted by atomic mass is 10.0. The molecule has 0 bridgehead atoms. The van der Waals surface area contributed by atoms with Gasteiger partial charge in [-0.2, -0.15) is 5.10 Å². The minimum atomic E-state index is -0.711. The van der Waals surface area contributed by atoms with Crippen molar-refractivity contribution < 1.29 is 9.59 Å². The monoisotopic (exact) mass is 335 g/mol. The molecule has 7 nitrogen and oxygen atoms in total. The summed E-state index contributed by atoms with van der Waals surface area (Å²) < 4.78 is 1.78. The Balaban J connectivity index is 2.09. The van der Waals surface area contributed by atoms with Crippen LogP contribution in [0.25, 0.3) is 0 Å². The van der Waals surface area contributed by atoms with Crippen molar-refractivity contribution in [2.45, 2.75) is 40.2 Å². The van der Waals surface area contributed by atoms with Crippen molar-refractivity contribution in [3.05, 3.63) is 28.0 Å². The van der Waals surface area contributed by atoms with Crippen molar-refractivity contribution in [3.63, 3.8) is 0 Å². The van der Waals surface area contributed by atoms with Crippen LogP contribution in [0, 0.1) is 20.8 Å². The number of hydrogen-bond acceptors (Lipinski definition) is 5. The molecule has 0 radical (unpaired) electrons. The third-order valence-electron chi connectivity index (χ3n) is 3.67. The minimum absolute atomic E-state index is 0.250. The van der Waals surface area contributed by atoms with Gasteiger partial charge in [-0.25, -0.2) is 4.98 Å². The van der Waals surface area contributed by atoms with Crippen molar-refractivity contribution in [1.29, 1.82) is 0 Å². The predicted octanol–water partition coefficient (Wildman–Crippen LogP) is 2.01. The second-order valence-electron chi connectivity index (χ2n) is 5.37. The predicted molar refractivity (Wildman–Crippen MR) is 89.3 cm³/mol. The molecule has 0 aliphatic carbocycles. The Hall–Kier alpha value is -2.22. The van der Waals surface area contributed by atoms with Crippen LogP contribution in [0.5, 0.6) is 0 Å². The van der Waals surface area contributed by atoms with Crippen molar-refractivity contribution in [2.24, 2.45) is 7.05 Å². The van der Waals surface area contributed by atoms with Crippen molar-refractivity contribution in [3.8, 4) is 0 Å². The van der Waals surface area contributed by atoms with Gasteiger partial charge in [0.1, 0.15) is 0 Å². The zero-order valence-corrected chi connectivity index (χ0v) is 14.7. The standard InChI is InChI=1S/C15H21N5O2S/c1-6-11(12-9(3)19-20(5)10(12)4)17-13(21)14(22)18-15-16-7-8(2)23-15/h7,11H,6H2,1-5H3,(H,17,21)(H,16,18,22)/t11-/m1/s1. The van der Waals surface area contributed by atoms with Crippen LogP contribution in [0.2, 0.25) is 0 Å². The Bertz CT molecular complexity index is 734. The maximum Gasteiger partial charge on any atom is 0.315 e. The van der Waals surface area contributed by atoms with Crippen molar-refractivity contribution >= 4 is 28.3 Å². The fraction of sp³-hybridized carbons (Fsp3) is 0.467. The number of aromatic nitrogens is 3. The summed E-state index contributed by atoms with van der Waals surface area (Å²) in [5, 5.41) is 10.1. The summed E-state index contributed by atoms with van der Waals surface area (Å²) in [6, 6.07) is -0.250. The van der Waals surface area contributed by atoms with Gasteiger partial charge >= 0.3 is 11.8 Å². The molecule has 0 aliphatic rings. The number of nitrogens with zero attached hydrogens (tertiary/aromatic N) is 3. The van der Waals surface area contributed by atoms with Gasteiger partial charge in [0.15, 0.2) is 5.13 Å². The number of anilines is 1. The Labute approximate surface area is 139 Å². The highest BCUT2D eigenvalue weighted by Gasteiger charge is 2.24. The maximum atomic E-state index is 12.2. The normalized spacial score (nSPS) is 12.0. The maximum absolute atomic E-state index is 12.2. The van der Waals surface area contributed by atoms with Gasteiger partial charge in [0.05, 0.1) is 11.7 Å². The van der Waals surface area contributed by atoms with E-state index >= 15 is 0 Å². The molecule has 2 aromatic heterocycles. The van der Waals surface area contributed by atoms with Gasteiger partial charge < -0.3 is 5.32 Å². The molecule has 0 saturated heterocycles. The number of carbonyl (C=O) groups excluding carboxylic acids is 2. The number of carbonyl (C=O) groups is 2. The van der Waals surface area contributed by atoms with Gasteiger partial charge in [0.25, 0.3) is 0 Å². The molecule has 0 spiro atoms. The molecule has 2 heterocycles. The second-order valence-corrected chi connectivity index (χ2v) is 6.61. The SMILES string of the molecule is CC[C@@H](NC(=O)C(=O)Nc1ncc(C)s1)c1c(C)nn(C)c1C. The first kappa shape index (κ1) is 17.1. The van der Waals surface area contributed by atoms with E-state index in [9.17, 15) is 9.59 Å². The highest BCUT2D eigenvalue weighted by atomic mass is 32.1. The average Bonchev–Trinajstić information content (AvgIpc) is 3.00. The Kier molecular flexibility index (Phi) is 5.15. The summed E-state index contributed by atoms with van der Waals surface area (Å²) in [5.41, 5.74) is 2.79. The van der Waals surface area contributed by atoms with Crippen LogP contribution in [0.1, 0.15) is 41.2 Å². The molecule has 0 aromatic carbocycles. The summed E-state index contributed by atoms with van der Waals surface area (Å²) in [4.78, 5) is 29.1. The average molecular weight is 335 g/mol. The molecule has 2 N–H and O–H groups in total. The topological polar surface area (TPSA) is 88.9 Å². The van der Waals surface area contributed by atoms with Gasteiger partial charge in [-0.15, -0.1) is 11.3 Å². The van der Waals surface area contributed by atoms with Gasteiger partial charge in [-0.3, -0.25) is 19.6 Å². The molecular formula is C15H21N5O2S. The number of nitrogens with one attached hydrogen (secondary N) is 2. The number of aryl methyl sites for hydroxylation is 3. The summed E-state index contributed by atoms with van der Waals surface area (Å²) >= 11 is 1.33. The van der Waals surface area contributed by atoms with Crippen molar-refractivity contribution in [1.82, 2.24) is 20.1 Å². The fourth-order valence-electron chi connectivity index (χ4n) is 2.46. The van der Waals surface area contributed by atoms with Crippen LogP contribution in [0.4, 0.5) is 5.13 Å². The molecule has 23 heavy (non-hydrogen) atoms. The molecule has 0 aliphatic heterocycles. The van der Waals surface area contributed by atoms with Crippen molar-refractivity contribution in [2.75, 3.05) is 5.32 Å². The first-order valence-electron chi connectivity index (χ1n) is 7.37. The highest BCUT2D eigenvalue weighted by Crippen LogP contribution is 2.23. The zero-order chi connectivity index (χ0) is 17.1. The van der Waals surface area contributed by atoms with E-state index in [1.54, 1.807) is 10.9 Å². The van der Waals surface area contributed by atoms with E-state index in [2.05, 4.69) is 20.7 Å². The third-order valence-corrected chi connectivity index (χ3v) is 4.50.